The Labute approximate surface area is 89.3 Å². The summed E-state index contributed by atoms with van der Waals surface area (Å²) in [6.45, 7) is 10.5. The molecule has 0 aromatic heterocycles. The molecule has 2 heteroatoms. The monoisotopic (exact) mass is 201 g/mol. The highest BCUT2D eigenvalue weighted by atomic mass is 16.3. The van der Waals surface area contributed by atoms with E-state index in [-0.39, 0.29) is 0 Å². The number of hydrogen-bond acceptors (Lipinski definition) is 2. The van der Waals surface area contributed by atoms with E-state index in [0.29, 0.717) is 6.61 Å². The van der Waals surface area contributed by atoms with E-state index in [0.717, 1.165) is 25.4 Å². The number of hydrogen-bond donors (Lipinski definition) is 1. The molecule has 0 saturated heterocycles. The first-order valence-electron chi connectivity index (χ1n) is 6.11. The SMILES string of the molecule is CC[C@H](CCO)CCCN(CC)CC. The maximum Gasteiger partial charge on any atom is 0.0433 e. The lowest BCUT2D eigenvalue weighted by atomic mass is 9.97. The summed E-state index contributed by atoms with van der Waals surface area (Å²) in [5.41, 5.74) is 0. The number of aliphatic hydroxyl groups is 1. The first kappa shape index (κ1) is 13.9. The third kappa shape index (κ3) is 6.39. The molecule has 0 spiro atoms. The van der Waals surface area contributed by atoms with Crippen molar-refractivity contribution in [2.45, 2.75) is 46.5 Å². The van der Waals surface area contributed by atoms with E-state index in [2.05, 4.69) is 25.7 Å². The first-order valence-corrected chi connectivity index (χ1v) is 6.11. The van der Waals surface area contributed by atoms with E-state index >= 15 is 0 Å². The van der Waals surface area contributed by atoms with Crippen molar-refractivity contribution in [2.24, 2.45) is 5.92 Å². The van der Waals surface area contributed by atoms with E-state index < -0.39 is 0 Å². The van der Waals surface area contributed by atoms with Gasteiger partial charge in [-0.2, -0.15) is 0 Å². The van der Waals surface area contributed by atoms with Gasteiger partial charge in [-0.1, -0.05) is 27.2 Å². The Hall–Kier alpha value is -0.0800. The highest BCUT2D eigenvalue weighted by Crippen LogP contribution is 2.14. The van der Waals surface area contributed by atoms with Crippen molar-refractivity contribution in [3.63, 3.8) is 0 Å². The average molecular weight is 201 g/mol. The largest absolute Gasteiger partial charge is 0.396 e. The van der Waals surface area contributed by atoms with E-state index in [9.17, 15) is 0 Å². The Bertz CT molecular complexity index is 113. The van der Waals surface area contributed by atoms with Crippen LogP contribution in [0.5, 0.6) is 0 Å². The molecular weight excluding hydrogens is 174 g/mol. The van der Waals surface area contributed by atoms with Crippen LogP contribution >= 0.6 is 0 Å². The van der Waals surface area contributed by atoms with Gasteiger partial charge in [-0.3, -0.25) is 0 Å². The Morgan fingerprint density at radius 2 is 1.71 bits per heavy atom. The van der Waals surface area contributed by atoms with Gasteiger partial charge in [0.1, 0.15) is 0 Å². The van der Waals surface area contributed by atoms with Gasteiger partial charge in [0.25, 0.3) is 0 Å². The second-order valence-electron chi connectivity index (χ2n) is 3.96. The average Bonchev–Trinajstić information content (AvgIpc) is 2.23. The molecular formula is C12H27NO. The molecule has 0 heterocycles. The Morgan fingerprint density at radius 1 is 1.07 bits per heavy atom. The van der Waals surface area contributed by atoms with Crippen LogP contribution in [0.15, 0.2) is 0 Å². The Balaban J connectivity index is 3.48. The van der Waals surface area contributed by atoms with Crippen LogP contribution in [-0.4, -0.2) is 36.2 Å². The third-order valence-corrected chi connectivity index (χ3v) is 3.10. The molecule has 14 heavy (non-hydrogen) atoms. The highest BCUT2D eigenvalue weighted by molar-refractivity contribution is 4.59. The summed E-state index contributed by atoms with van der Waals surface area (Å²) in [7, 11) is 0. The molecule has 0 aromatic rings. The zero-order valence-electron chi connectivity index (χ0n) is 10.1. The Morgan fingerprint density at radius 3 is 2.14 bits per heavy atom. The van der Waals surface area contributed by atoms with E-state index in [1.165, 1.54) is 25.8 Å². The quantitative estimate of drug-likeness (QED) is 0.619. The summed E-state index contributed by atoms with van der Waals surface area (Å²) in [6.07, 6.45) is 4.74. The molecule has 0 radical (unpaired) electrons. The van der Waals surface area contributed by atoms with Crippen LogP contribution in [0.1, 0.15) is 46.5 Å². The van der Waals surface area contributed by atoms with Crippen LogP contribution < -0.4 is 0 Å². The van der Waals surface area contributed by atoms with Gasteiger partial charge in [0.15, 0.2) is 0 Å². The van der Waals surface area contributed by atoms with Crippen molar-refractivity contribution in [3.05, 3.63) is 0 Å². The van der Waals surface area contributed by atoms with E-state index in [1.807, 2.05) is 0 Å². The number of aliphatic hydroxyl groups excluding tert-OH is 1. The minimum atomic E-state index is 0.351. The molecule has 1 atom stereocenters. The van der Waals surface area contributed by atoms with Crippen LogP contribution in [-0.2, 0) is 0 Å². The lowest BCUT2D eigenvalue weighted by Gasteiger charge is -2.19. The highest BCUT2D eigenvalue weighted by Gasteiger charge is 2.06. The predicted octanol–water partition coefficient (Wildman–Crippen LogP) is 2.52. The fourth-order valence-corrected chi connectivity index (χ4v) is 1.88. The van der Waals surface area contributed by atoms with Crippen molar-refractivity contribution in [1.82, 2.24) is 4.90 Å². The summed E-state index contributed by atoms with van der Waals surface area (Å²) in [5.74, 6) is 0.732. The minimum Gasteiger partial charge on any atom is -0.396 e. The predicted molar refractivity (Wildman–Crippen MR) is 62.5 cm³/mol. The molecule has 0 bridgehead atoms. The van der Waals surface area contributed by atoms with Crippen molar-refractivity contribution < 1.29 is 5.11 Å². The van der Waals surface area contributed by atoms with Crippen LogP contribution in [0, 0.1) is 5.92 Å². The second-order valence-corrected chi connectivity index (χ2v) is 3.96. The Kier molecular flexibility index (Phi) is 9.42. The van der Waals surface area contributed by atoms with Gasteiger partial charge in [0.05, 0.1) is 0 Å². The third-order valence-electron chi connectivity index (χ3n) is 3.10. The fourth-order valence-electron chi connectivity index (χ4n) is 1.88. The van der Waals surface area contributed by atoms with Gasteiger partial charge in [-0.15, -0.1) is 0 Å². The topological polar surface area (TPSA) is 23.5 Å². The van der Waals surface area contributed by atoms with Gasteiger partial charge in [0, 0.05) is 6.61 Å². The lowest BCUT2D eigenvalue weighted by Crippen LogP contribution is -2.24. The molecule has 2 nitrogen and oxygen atoms in total. The first-order chi connectivity index (χ1) is 6.78. The molecule has 0 amide bonds. The van der Waals surface area contributed by atoms with Crippen molar-refractivity contribution >= 4 is 0 Å². The minimum absolute atomic E-state index is 0.351. The van der Waals surface area contributed by atoms with Crippen molar-refractivity contribution in [3.8, 4) is 0 Å². The summed E-state index contributed by atoms with van der Waals surface area (Å²) < 4.78 is 0. The normalized spacial score (nSPS) is 13.5. The van der Waals surface area contributed by atoms with Crippen LogP contribution in [0.2, 0.25) is 0 Å². The smallest absolute Gasteiger partial charge is 0.0433 e. The van der Waals surface area contributed by atoms with Gasteiger partial charge >= 0.3 is 0 Å². The van der Waals surface area contributed by atoms with Gasteiger partial charge in [0.2, 0.25) is 0 Å². The van der Waals surface area contributed by atoms with E-state index in [4.69, 9.17) is 5.11 Å². The van der Waals surface area contributed by atoms with Gasteiger partial charge < -0.3 is 10.0 Å². The van der Waals surface area contributed by atoms with Crippen molar-refractivity contribution in [1.29, 1.82) is 0 Å². The van der Waals surface area contributed by atoms with Gasteiger partial charge in [-0.05, 0) is 44.8 Å². The number of nitrogens with zero attached hydrogens (tertiary/aromatic N) is 1. The maximum atomic E-state index is 8.86. The zero-order chi connectivity index (χ0) is 10.8. The fraction of sp³-hybridized carbons (Fsp3) is 1.00. The summed E-state index contributed by atoms with van der Waals surface area (Å²) in [5, 5.41) is 8.86. The second kappa shape index (κ2) is 9.47. The van der Waals surface area contributed by atoms with Crippen LogP contribution in [0.25, 0.3) is 0 Å². The molecule has 0 aromatic carbocycles. The van der Waals surface area contributed by atoms with Gasteiger partial charge in [-0.25, -0.2) is 0 Å². The van der Waals surface area contributed by atoms with E-state index in [1.54, 1.807) is 0 Å². The van der Waals surface area contributed by atoms with Crippen molar-refractivity contribution in [2.75, 3.05) is 26.2 Å². The van der Waals surface area contributed by atoms with Crippen LogP contribution in [0.3, 0.4) is 0 Å². The molecule has 0 aliphatic heterocycles. The zero-order valence-corrected chi connectivity index (χ0v) is 10.1. The summed E-state index contributed by atoms with van der Waals surface area (Å²) >= 11 is 0. The molecule has 0 saturated carbocycles. The standard InChI is InChI=1S/C12H27NO/c1-4-12(9-11-14)8-7-10-13(5-2)6-3/h12,14H,4-11H2,1-3H3/t12-/m0/s1. The maximum absolute atomic E-state index is 8.86. The molecule has 0 aliphatic rings. The number of rotatable bonds is 9. The lowest BCUT2D eigenvalue weighted by molar-refractivity contribution is 0.237. The molecule has 0 fully saturated rings. The summed E-state index contributed by atoms with van der Waals surface area (Å²) in [4.78, 5) is 2.46. The van der Waals surface area contributed by atoms with Crippen LogP contribution in [0.4, 0.5) is 0 Å². The molecule has 0 aliphatic carbocycles. The molecule has 86 valence electrons. The molecule has 1 N–H and O–H groups in total. The molecule has 0 unspecified atom stereocenters. The molecule has 0 rings (SSSR count). The summed E-state index contributed by atoms with van der Waals surface area (Å²) in [6, 6.07) is 0.